The molecule has 0 atom stereocenters. The highest BCUT2D eigenvalue weighted by Crippen LogP contribution is 2.33. The van der Waals surface area contributed by atoms with E-state index in [0.29, 0.717) is 0 Å². The van der Waals surface area contributed by atoms with Crippen molar-refractivity contribution in [3.63, 3.8) is 0 Å². The summed E-state index contributed by atoms with van der Waals surface area (Å²) in [6, 6.07) is 13.0. The van der Waals surface area contributed by atoms with Crippen LogP contribution in [0, 0.1) is 12.3 Å². The number of alkyl halides is 3. The number of terminal acetylenes is 1. The summed E-state index contributed by atoms with van der Waals surface area (Å²) >= 11 is 0. The summed E-state index contributed by atoms with van der Waals surface area (Å²) in [7, 11) is 0. The van der Waals surface area contributed by atoms with Crippen molar-refractivity contribution in [1.82, 2.24) is 0 Å². The number of halogens is 3. The fraction of sp³-hybridized carbons (Fsp3) is 0.125. The molecule has 0 aliphatic carbocycles. The van der Waals surface area contributed by atoms with Crippen LogP contribution < -0.4 is 9.47 Å². The lowest BCUT2D eigenvalue weighted by atomic mass is 10.2. The second-order valence-electron chi connectivity index (χ2n) is 4.13. The van der Waals surface area contributed by atoms with E-state index in [0.717, 1.165) is 11.6 Å². The molecule has 0 unspecified atom stereocenters. The molecule has 2 aromatic rings. The normalized spacial score (nSPS) is 10.8. The Balaban J connectivity index is 2.20. The lowest BCUT2D eigenvalue weighted by Crippen LogP contribution is -2.17. The minimum Gasteiger partial charge on any atom is -0.485 e. The van der Waals surface area contributed by atoms with Crippen molar-refractivity contribution in [2.45, 2.75) is 13.0 Å². The standard InChI is InChI=1S/C16H11F3O2/c1-2-12-8-9-14(15(10-12)21-16(17,18)19)20-11-13-6-4-3-5-7-13/h1,3-10H,11H2. The van der Waals surface area contributed by atoms with Crippen molar-refractivity contribution in [3.8, 4) is 23.8 Å². The van der Waals surface area contributed by atoms with Crippen molar-refractivity contribution in [3.05, 3.63) is 59.7 Å². The Labute approximate surface area is 120 Å². The van der Waals surface area contributed by atoms with E-state index in [1.165, 1.54) is 12.1 Å². The third kappa shape index (κ3) is 4.46. The first-order valence-corrected chi connectivity index (χ1v) is 6.01. The van der Waals surface area contributed by atoms with E-state index in [2.05, 4.69) is 10.7 Å². The quantitative estimate of drug-likeness (QED) is 0.788. The Morgan fingerprint density at radius 1 is 1.00 bits per heavy atom. The van der Waals surface area contributed by atoms with Crippen LogP contribution in [0.15, 0.2) is 48.5 Å². The Morgan fingerprint density at radius 2 is 1.71 bits per heavy atom. The van der Waals surface area contributed by atoms with Crippen LogP contribution in [-0.4, -0.2) is 6.36 Å². The highest BCUT2D eigenvalue weighted by molar-refractivity contribution is 5.47. The Hall–Kier alpha value is -2.61. The number of hydrogen-bond acceptors (Lipinski definition) is 2. The molecule has 0 amide bonds. The molecule has 0 saturated heterocycles. The number of ether oxygens (including phenoxy) is 2. The number of hydrogen-bond donors (Lipinski definition) is 0. The first-order valence-electron chi connectivity index (χ1n) is 6.01. The molecule has 0 saturated carbocycles. The van der Waals surface area contributed by atoms with Crippen LogP contribution in [0.3, 0.4) is 0 Å². The molecule has 108 valence electrons. The van der Waals surface area contributed by atoms with Gasteiger partial charge >= 0.3 is 6.36 Å². The fourth-order valence-electron chi connectivity index (χ4n) is 1.66. The number of benzene rings is 2. The van der Waals surface area contributed by atoms with Gasteiger partial charge in [-0.2, -0.15) is 0 Å². The zero-order chi connectivity index (χ0) is 15.3. The summed E-state index contributed by atoms with van der Waals surface area (Å²) in [6.07, 6.45) is 0.362. The molecule has 0 aliphatic rings. The van der Waals surface area contributed by atoms with Gasteiger partial charge in [-0.05, 0) is 17.7 Å². The maximum atomic E-state index is 12.4. The van der Waals surface area contributed by atoms with Gasteiger partial charge < -0.3 is 9.47 Å². The molecule has 0 aliphatic heterocycles. The molecule has 2 nitrogen and oxygen atoms in total. The number of rotatable bonds is 4. The van der Waals surface area contributed by atoms with E-state index in [1.807, 2.05) is 18.2 Å². The van der Waals surface area contributed by atoms with Gasteiger partial charge in [-0.25, -0.2) is 0 Å². The SMILES string of the molecule is C#Cc1ccc(OCc2ccccc2)c(OC(F)(F)F)c1. The average Bonchev–Trinajstić information content (AvgIpc) is 2.45. The molecular weight excluding hydrogens is 281 g/mol. The first-order chi connectivity index (χ1) is 9.98. The summed E-state index contributed by atoms with van der Waals surface area (Å²) in [5.41, 5.74) is 1.11. The molecule has 2 aromatic carbocycles. The van der Waals surface area contributed by atoms with Crippen LogP contribution in [0.4, 0.5) is 13.2 Å². The van der Waals surface area contributed by atoms with Gasteiger partial charge in [-0.15, -0.1) is 19.6 Å². The van der Waals surface area contributed by atoms with Crippen LogP contribution in [0.5, 0.6) is 11.5 Å². The summed E-state index contributed by atoms with van der Waals surface area (Å²) in [6.45, 7) is 0.129. The fourth-order valence-corrected chi connectivity index (χ4v) is 1.66. The van der Waals surface area contributed by atoms with E-state index in [-0.39, 0.29) is 17.9 Å². The van der Waals surface area contributed by atoms with E-state index in [1.54, 1.807) is 12.1 Å². The smallest absolute Gasteiger partial charge is 0.485 e. The molecule has 0 fully saturated rings. The van der Waals surface area contributed by atoms with Gasteiger partial charge in [0.1, 0.15) is 6.61 Å². The third-order valence-corrected chi connectivity index (χ3v) is 2.57. The molecule has 0 heterocycles. The van der Waals surface area contributed by atoms with Crippen molar-refractivity contribution in [2.24, 2.45) is 0 Å². The first kappa shape index (κ1) is 14.8. The Kier molecular flexibility index (Phi) is 4.39. The van der Waals surface area contributed by atoms with Crippen molar-refractivity contribution in [2.75, 3.05) is 0 Å². The highest BCUT2D eigenvalue weighted by Gasteiger charge is 2.32. The zero-order valence-corrected chi connectivity index (χ0v) is 10.9. The zero-order valence-electron chi connectivity index (χ0n) is 10.9. The summed E-state index contributed by atoms with van der Waals surface area (Å²) in [4.78, 5) is 0. The molecule has 21 heavy (non-hydrogen) atoms. The lowest BCUT2D eigenvalue weighted by Gasteiger charge is -2.14. The van der Waals surface area contributed by atoms with E-state index in [4.69, 9.17) is 11.2 Å². The molecule has 5 heteroatoms. The van der Waals surface area contributed by atoms with E-state index >= 15 is 0 Å². The lowest BCUT2D eigenvalue weighted by molar-refractivity contribution is -0.275. The van der Waals surface area contributed by atoms with Crippen LogP contribution in [-0.2, 0) is 6.61 Å². The van der Waals surface area contributed by atoms with Crippen LogP contribution >= 0.6 is 0 Å². The second-order valence-corrected chi connectivity index (χ2v) is 4.13. The molecule has 0 bridgehead atoms. The van der Waals surface area contributed by atoms with Gasteiger partial charge in [-0.1, -0.05) is 36.3 Å². The van der Waals surface area contributed by atoms with Crippen LogP contribution in [0.25, 0.3) is 0 Å². The van der Waals surface area contributed by atoms with Crippen molar-refractivity contribution < 1.29 is 22.6 Å². The summed E-state index contributed by atoms with van der Waals surface area (Å²) in [5, 5.41) is 0. The molecular formula is C16H11F3O2. The second kappa shape index (κ2) is 6.23. The topological polar surface area (TPSA) is 18.5 Å². The van der Waals surface area contributed by atoms with Crippen LogP contribution in [0.1, 0.15) is 11.1 Å². The van der Waals surface area contributed by atoms with Crippen molar-refractivity contribution in [1.29, 1.82) is 0 Å². The predicted molar refractivity (Wildman–Crippen MR) is 71.8 cm³/mol. The van der Waals surface area contributed by atoms with Gasteiger partial charge in [0.05, 0.1) is 0 Å². The van der Waals surface area contributed by atoms with Gasteiger partial charge in [0.2, 0.25) is 0 Å². The molecule has 0 radical (unpaired) electrons. The summed E-state index contributed by atoms with van der Waals surface area (Å²) < 4.78 is 46.5. The molecule has 0 N–H and O–H groups in total. The van der Waals surface area contributed by atoms with E-state index in [9.17, 15) is 13.2 Å². The van der Waals surface area contributed by atoms with Crippen molar-refractivity contribution >= 4 is 0 Å². The highest BCUT2D eigenvalue weighted by atomic mass is 19.4. The largest absolute Gasteiger partial charge is 0.573 e. The minimum atomic E-state index is -4.81. The maximum absolute atomic E-state index is 12.4. The van der Waals surface area contributed by atoms with Gasteiger partial charge in [-0.3, -0.25) is 0 Å². The van der Waals surface area contributed by atoms with Gasteiger partial charge in [0.25, 0.3) is 0 Å². The molecule has 0 spiro atoms. The molecule has 0 aromatic heterocycles. The third-order valence-electron chi connectivity index (χ3n) is 2.57. The minimum absolute atomic E-state index is 0.0184. The molecule has 2 rings (SSSR count). The Morgan fingerprint density at radius 3 is 2.33 bits per heavy atom. The van der Waals surface area contributed by atoms with Gasteiger partial charge in [0.15, 0.2) is 11.5 Å². The Bertz CT molecular complexity index is 643. The maximum Gasteiger partial charge on any atom is 0.573 e. The van der Waals surface area contributed by atoms with Gasteiger partial charge in [0, 0.05) is 11.6 Å². The van der Waals surface area contributed by atoms with Crippen LogP contribution in [0.2, 0.25) is 0 Å². The monoisotopic (exact) mass is 292 g/mol. The van der Waals surface area contributed by atoms with E-state index < -0.39 is 12.1 Å². The predicted octanol–water partition coefficient (Wildman–Crippen LogP) is 4.15. The summed E-state index contributed by atoms with van der Waals surface area (Å²) in [5.74, 6) is 1.78. The average molecular weight is 292 g/mol.